The molecule has 4 rings (SSSR count). The van der Waals surface area contributed by atoms with Crippen molar-refractivity contribution in [3.05, 3.63) is 70.5 Å². The number of anilines is 1. The highest BCUT2D eigenvalue weighted by Crippen LogP contribution is 2.29. The van der Waals surface area contributed by atoms with Crippen LogP contribution >= 0.6 is 22.9 Å². The molecule has 0 atom stereocenters. The van der Waals surface area contributed by atoms with Gasteiger partial charge in [0.2, 0.25) is 15.0 Å². The second kappa shape index (κ2) is 9.02. The van der Waals surface area contributed by atoms with Gasteiger partial charge in [0.15, 0.2) is 20.7 Å². The number of fused-ring (bicyclic) bond motifs is 1. The maximum atomic E-state index is 12.9. The zero-order chi connectivity index (χ0) is 24.7. The molecule has 34 heavy (non-hydrogen) atoms. The molecule has 0 fully saturated rings. The third-order valence-electron chi connectivity index (χ3n) is 4.83. The SMILES string of the molecule is Cc1ccccc1CS(=O)(=O)c1ncc(Cl)c(C(=O)Nc2nc3ccc(S(C)(=O)=O)cc3s2)n1. The minimum absolute atomic E-state index is 0.129. The van der Waals surface area contributed by atoms with E-state index in [0.29, 0.717) is 15.8 Å². The Kier molecular flexibility index (Phi) is 6.42. The monoisotopic (exact) mass is 536 g/mol. The summed E-state index contributed by atoms with van der Waals surface area (Å²) in [4.78, 5) is 24.9. The number of aryl methyl sites for hydroxylation is 1. The van der Waals surface area contributed by atoms with Crippen molar-refractivity contribution in [1.29, 1.82) is 0 Å². The van der Waals surface area contributed by atoms with Gasteiger partial charge < -0.3 is 0 Å². The second-order valence-corrected chi connectivity index (χ2v) is 12.7. The highest BCUT2D eigenvalue weighted by atomic mass is 35.5. The number of thiazole rings is 1. The number of carbonyl (C=O) groups excluding carboxylic acids is 1. The fourth-order valence-electron chi connectivity index (χ4n) is 3.05. The number of nitrogens with one attached hydrogen (secondary N) is 1. The molecule has 176 valence electrons. The Morgan fingerprint density at radius 1 is 1.09 bits per heavy atom. The van der Waals surface area contributed by atoms with Gasteiger partial charge in [-0.2, -0.15) is 0 Å². The lowest BCUT2D eigenvalue weighted by atomic mass is 10.1. The van der Waals surface area contributed by atoms with Gasteiger partial charge in [-0.1, -0.05) is 47.2 Å². The van der Waals surface area contributed by atoms with Crippen LogP contribution in [0.4, 0.5) is 5.13 Å². The first kappa shape index (κ1) is 24.2. The molecule has 0 unspecified atom stereocenters. The smallest absolute Gasteiger partial charge is 0.277 e. The summed E-state index contributed by atoms with van der Waals surface area (Å²) >= 11 is 7.14. The van der Waals surface area contributed by atoms with Gasteiger partial charge in [-0.25, -0.2) is 31.8 Å². The predicted octanol–water partition coefficient (Wildman–Crippen LogP) is 3.68. The van der Waals surface area contributed by atoms with Crippen LogP contribution in [0, 0.1) is 6.92 Å². The number of nitrogens with zero attached hydrogens (tertiary/aromatic N) is 3. The lowest BCUT2D eigenvalue weighted by Crippen LogP contribution is -2.18. The Morgan fingerprint density at radius 2 is 1.82 bits per heavy atom. The molecule has 0 bridgehead atoms. The molecule has 1 N–H and O–H groups in total. The molecule has 0 radical (unpaired) electrons. The van der Waals surface area contributed by atoms with Crippen LogP contribution in [0.5, 0.6) is 0 Å². The van der Waals surface area contributed by atoms with Crippen molar-refractivity contribution in [2.45, 2.75) is 22.7 Å². The quantitative estimate of drug-likeness (QED) is 0.368. The van der Waals surface area contributed by atoms with E-state index in [4.69, 9.17) is 11.6 Å². The number of rotatable bonds is 6. The van der Waals surface area contributed by atoms with Crippen LogP contribution in [-0.2, 0) is 25.4 Å². The average Bonchev–Trinajstić information content (AvgIpc) is 3.16. The molecule has 9 nitrogen and oxygen atoms in total. The van der Waals surface area contributed by atoms with Gasteiger partial charge in [-0.05, 0) is 36.2 Å². The first-order valence-corrected chi connectivity index (χ1v) is 14.4. The van der Waals surface area contributed by atoms with E-state index in [0.717, 1.165) is 29.4 Å². The normalized spacial score (nSPS) is 12.1. The summed E-state index contributed by atoms with van der Waals surface area (Å²) in [5.41, 5.74) is 1.56. The van der Waals surface area contributed by atoms with Crippen LogP contribution in [0.2, 0.25) is 5.02 Å². The number of hydrogen-bond donors (Lipinski definition) is 1. The highest BCUT2D eigenvalue weighted by molar-refractivity contribution is 7.90. The Balaban J connectivity index is 1.62. The van der Waals surface area contributed by atoms with Crippen LogP contribution < -0.4 is 5.32 Å². The van der Waals surface area contributed by atoms with E-state index in [1.165, 1.54) is 18.2 Å². The average molecular weight is 537 g/mol. The molecule has 0 aliphatic heterocycles. The number of amides is 1. The maximum Gasteiger partial charge on any atom is 0.277 e. The topological polar surface area (TPSA) is 136 Å². The van der Waals surface area contributed by atoms with Crippen molar-refractivity contribution in [3.8, 4) is 0 Å². The Labute approximate surface area is 204 Å². The first-order valence-electron chi connectivity index (χ1n) is 9.66. The Hall–Kier alpha value is -2.93. The highest BCUT2D eigenvalue weighted by Gasteiger charge is 2.24. The molecule has 2 aromatic heterocycles. The summed E-state index contributed by atoms with van der Waals surface area (Å²) < 4.78 is 49.8. The van der Waals surface area contributed by atoms with Gasteiger partial charge in [0.1, 0.15) is 0 Å². The molecule has 0 aliphatic carbocycles. The van der Waals surface area contributed by atoms with E-state index in [2.05, 4.69) is 20.3 Å². The lowest BCUT2D eigenvalue weighted by Gasteiger charge is -2.08. The molecule has 2 heterocycles. The summed E-state index contributed by atoms with van der Waals surface area (Å²) in [5, 5.41) is 2.05. The van der Waals surface area contributed by atoms with Gasteiger partial charge >= 0.3 is 0 Å². The van der Waals surface area contributed by atoms with Crippen molar-refractivity contribution in [2.75, 3.05) is 11.6 Å². The summed E-state index contributed by atoms with van der Waals surface area (Å²) in [7, 11) is -7.35. The van der Waals surface area contributed by atoms with Gasteiger partial charge in [0, 0.05) is 6.26 Å². The first-order chi connectivity index (χ1) is 15.9. The second-order valence-electron chi connectivity index (χ2n) is 7.41. The van der Waals surface area contributed by atoms with Gasteiger partial charge in [0.25, 0.3) is 5.91 Å². The van der Waals surface area contributed by atoms with Gasteiger partial charge in [-0.15, -0.1) is 0 Å². The molecule has 0 aliphatic rings. The van der Waals surface area contributed by atoms with Crippen LogP contribution in [0.25, 0.3) is 10.2 Å². The molecule has 2 aromatic carbocycles. The minimum Gasteiger partial charge on any atom is -0.296 e. The van der Waals surface area contributed by atoms with E-state index in [-0.39, 0.29) is 26.5 Å². The van der Waals surface area contributed by atoms with E-state index in [1.54, 1.807) is 31.2 Å². The zero-order valence-electron chi connectivity index (χ0n) is 17.8. The molecule has 0 spiro atoms. The number of sulfone groups is 2. The number of hydrogen-bond acceptors (Lipinski definition) is 9. The predicted molar refractivity (Wildman–Crippen MR) is 130 cm³/mol. The van der Waals surface area contributed by atoms with E-state index in [1.807, 2.05) is 0 Å². The van der Waals surface area contributed by atoms with Crippen molar-refractivity contribution in [3.63, 3.8) is 0 Å². The number of halogens is 1. The lowest BCUT2D eigenvalue weighted by molar-refractivity contribution is 0.102. The largest absolute Gasteiger partial charge is 0.296 e. The van der Waals surface area contributed by atoms with Gasteiger partial charge in [-0.3, -0.25) is 10.1 Å². The number of aromatic nitrogens is 3. The zero-order valence-corrected chi connectivity index (χ0v) is 21.0. The van der Waals surface area contributed by atoms with E-state index >= 15 is 0 Å². The molecule has 0 saturated carbocycles. The van der Waals surface area contributed by atoms with Crippen molar-refractivity contribution in [2.24, 2.45) is 0 Å². The fourth-order valence-corrected chi connectivity index (χ4v) is 6.15. The molecular formula is C21H17ClN4O5S3. The maximum absolute atomic E-state index is 12.9. The van der Waals surface area contributed by atoms with Crippen LogP contribution in [-0.4, -0.2) is 44.0 Å². The third kappa shape index (κ3) is 5.09. The molecule has 0 saturated heterocycles. The van der Waals surface area contributed by atoms with Crippen LogP contribution in [0.1, 0.15) is 21.6 Å². The summed E-state index contributed by atoms with van der Waals surface area (Å²) in [6, 6.07) is 11.4. The van der Waals surface area contributed by atoms with Crippen LogP contribution in [0.15, 0.2) is 58.7 Å². The third-order valence-corrected chi connectivity index (χ3v) is 8.60. The standard InChI is InChI=1S/C21H17ClN4O5S3/c1-12-5-3-4-6-13(12)11-34(30,31)21-23-10-15(22)18(25-21)19(27)26-20-24-16-8-7-14(33(2,28)29)9-17(16)32-20/h3-10H,11H2,1-2H3,(H,24,26,27). The fraction of sp³-hybridized carbons (Fsp3) is 0.143. The van der Waals surface area contributed by atoms with E-state index in [9.17, 15) is 21.6 Å². The Morgan fingerprint density at radius 3 is 2.53 bits per heavy atom. The summed E-state index contributed by atoms with van der Waals surface area (Å²) in [6.07, 6.45) is 2.16. The van der Waals surface area contributed by atoms with E-state index < -0.39 is 30.7 Å². The number of benzene rings is 2. The Bertz CT molecular complexity index is 1650. The number of carbonyl (C=O) groups is 1. The van der Waals surface area contributed by atoms with Gasteiger partial charge in [0.05, 0.1) is 32.1 Å². The summed E-state index contributed by atoms with van der Waals surface area (Å²) in [6.45, 7) is 1.79. The van der Waals surface area contributed by atoms with Crippen molar-refractivity contribution < 1.29 is 21.6 Å². The van der Waals surface area contributed by atoms with Crippen molar-refractivity contribution in [1.82, 2.24) is 15.0 Å². The minimum atomic E-state index is -3.95. The molecular weight excluding hydrogens is 520 g/mol. The summed E-state index contributed by atoms with van der Waals surface area (Å²) in [5.74, 6) is -1.11. The molecule has 4 aromatic rings. The van der Waals surface area contributed by atoms with Crippen LogP contribution in [0.3, 0.4) is 0 Å². The molecule has 13 heteroatoms. The molecule has 1 amide bonds. The van der Waals surface area contributed by atoms with Crippen molar-refractivity contribution >= 4 is 63.9 Å².